The molecule has 0 atom stereocenters. The molecule has 6 aromatic rings. The molecule has 6 rings (SSSR count). The lowest BCUT2D eigenvalue weighted by Crippen LogP contribution is -2.12. The van der Waals surface area contributed by atoms with Gasteiger partial charge in [0.25, 0.3) is 0 Å². The molecule has 54 heavy (non-hydrogen) atoms. The summed E-state index contributed by atoms with van der Waals surface area (Å²) in [6.45, 7) is 6.55. The van der Waals surface area contributed by atoms with E-state index in [9.17, 15) is 43.2 Å². The summed E-state index contributed by atoms with van der Waals surface area (Å²) in [5.74, 6) is -0.791. The van der Waals surface area contributed by atoms with E-state index in [1.54, 1.807) is 10.6 Å². The molecule has 0 N–H and O–H groups in total. The lowest BCUT2D eigenvalue weighted by Gasteiger charge is -2.11. The fourth-order valence-corrected chi connectivity index (χ4v) is 7.04. The zero-order chi connectivity index (χ0) is 39.6. The van der Waals surface area contributed by atoms with Crippen LogP contribution in [-0.4, -0.2) is 62.6 Å². The van der Waals surface area contributed by atoms with Crippen molar-refractivity contribution in [1.82, 2.24) is 34.3 Å². The van der Waals surface area contributed by atoms with Crippen LogP contribution in [0, 0.1) is 13.8 Å². The average Bonchev–Trinajstić information content (AvgIpc) is 3.82. The first-order valence-corrected chi connectivity index (χ1v) is 19.2. The molecule has 0 aliphatic heterocycles. The van der Waals surface area contributed by atoms with Gasteiger partial charge in [-0.3, -0.25) is 9.97 Å². The van der Waals surface area contributed by atoms with Crippen LogP contribution in [0.2, 0.25) is 0 Å². The van der Waals surface area contributed by atoms with Gasteiger partial charge in [0.05, 0.1) is 44.4 Å². The minimum Gasteiger partial charge on any atom is -0.306 e. The molecule has 19 heteroatoms. The predicted molar refractivity (Wildman–Crippen MR) is 186 cm³/mol. The van der Waals surface area contributed by atoms with Gasteiger partial charge in [0, 0.05) is 24.3 Å². The van der Waals surface area contributed by atoms with Crippen molar-refractivity contribution in [3.05, 3.63) is 114 Å². The van der Waals surface area contributed by atoms with E-state index in [2.05, 4.69) is 25.0 Å². The lowest BCUT2D eigenvalue weighted by molar-refractivity contribution is -0.138. The Bertz CT molecular complexity index is 2510. The number of halogens is 6. The first-order chi connectivity index (χ1) is 25.2. The molecule has 4 aromatic heterocycles. The number of aryl methyl sites for hydroxylation is 2. The number of pyridine rings is 2. The number of nitrogens with zero attached hydrogens (tertiary/aromatic N) is 7. The van der Waals surface area contributed by atoms with Crippen LogP contribution in [-0.2, 0) is 32.0 Å². The molecule has 284 valence electrons. The smallest absolute Gasteiger partial charge is 0.306 e. The van der Waals surface area contributed by atoms with E-state index in [0.29, 0.717) is 30.2 Å². The molecule has 2 aromatic carbocycles. The molecular formula is C35H31F6N7O4S2. The number of hydrogen-bond acceptors (Lipinski definition) is 9. The van der Waals surface area contributed by atoms with Crippen molar-refractivity contribution in [3.8, 4) is 34.3 Å². The Kier molecular flexibility index (Phi) is 11.1. The molecule has 0 saturated heterocycles. The molecule has 0 spiro atoms. The van der Waals surface area contributed by atoms with Gasteiger partial charge >= 0.3 is 12.4 Å². The Morgan fingerprint density at radius 3 is 1.72 bits per heavy atom. The van der Waals surface area contributed by atoms with E-state index >= 15 is 0 Å². The molecule has 0 saturated carbocycles. The van der Waals surface area contributed by atoms with Crippen molar-refractivity contribution in [3.63, 3.8) is 0 Å². The number of aromatic nitrogens is 7. The summed E-state index contributed by atoms with van der Waals surface area (Å²) in [6.07, 6.45) is -3.85. The van der Waals surface area contributed by atoms with Gasteiger partial charge in [-0.15, -0.1) is 5.10 Å². The average molecular weight is 792 g/mol. The largest absolute Gasteiger partial charge is 0.417 e. The van der Waals surface area contributed by atoms with Gasteiger partial charge in [-0.1, -0.05) is 43.7 Å². The minimum atomic E-state index is -4.71. The van der Waals surface area contributed by atoms with Gasteiger partial charge in [-0.2, -0.15) is 26.3 Å². The van der Waals surface area contributed by atoms with E-state index in [0.717, 1.165) is 16.8 Å². The van der Waals surface area contributed by atoms with Crippen molar-refractivity contribution >= 4 is 19.7 Å². The van der Waals surface area contributed by atoms with Gasteiger partial charge in [0.1, 0.15) is 23.4 Å². The van der Waals surface area contributed by atoms with Crippen LogP contribution in [0.15, 0.2) is 102 Å². The van der Waals surface area contributed by atoms with Crippen molar-refractivity contribution in [2.24, 2.45) is 0 Å². The minimum absolute atomic E-state index is 0.0720. The standard InChI is InChI=1S/C18H16F3N3O2S.C17H15F3N4O2S/c1-3-27(25,26)16-8-13(18(19,20)21)9-22-17(16)15-10-24(11-23-15)14-6-4-12(2)5-7-14;1-3-27(25,26)14-8-12(17(18,19)20)9-21-15(14)16-22-10-24(23-16)13-6-4-5-11(2)7-13/h4-11H,3H2,1-2H3;4-10H,3H2,1-2H3. The predicted octanol–water partition coefficient (Wildman–Crippen LogP) is 7.51. The second-order valence-corrected chi connectivity index (χ2v) is 16.3. The van der Waals surface area contributed by atoms with Crippen LogP contribution >= 0.6 is 0 Å². The maximum atomic E-state index is 13.0. The Balaban J connectivity index is 0.000000208. The van der Waals surface area contributed by atoms with Crippen molar-refractivity contribution < 1.29 is 43.2 Å². The third-order valence-corrected chi connectivity index (χ3v) is 11.4. The topological polar surface area (TPSA) is 143 Å². The zero-order valence-electron chi connectivity index (χ0n) is 28.9. The molecule has 4 heterocycles. The maximum Gasteiger partial charge on any atom is 0.417 e. The van der Waals surface area contributed by atoms with Gasteiger partial charge < -0.3 is 4.57 Å². The highest BCUT2D eigenvalue weighted by molar-refractivity contribution is 7.91. The normalized spacial score (nSPS) is 12.3. The Morgan fingerprint density at radius 2 is 1.19 bits per heavy atom. The van der Waals surface area contributed by atoms with Crippen LogP contribution in [0.1, 0.15) is 36.1 Å². The van der Waals surface area contributed by atoms with Gasteiger partial charge in [0.15, 0.2) is 19.7 Å². The molecular weight excluding hydrogens is 761 g/mol. The molecule has 0 radical (unpaired) electrons. The Labute approximate surface area is 306 Å². The van der Waals surface area contributed by atoms with Crippen LogP contribution < -0.4 is 0 Å². The highest BCUT2D eigenvalue weighted by Gasteiger charge is 2.35. The SMILES string of the molecule is CCS(=O)(=O)c1cc(C(F)(F)F)cnc1-c1cn(-c2ccc(C)cc2)cn1.CCS(=O)(=O)c1cc(C(F)(F)F)cnc1-c1ncn(-c2cccc(C)c2)n1. The Hall–Kier alpha value is -5.43. The van der Waals surface area contributed by atoms with Gasteiger partial charge in [0.2, 0.25) is 5.82 Å². The number of imidazole rings is 1. The molecule has 0 bridgehead atoms. The summed E-state index contributed by atoms with van der Waals surface area (Å²) in [4.78, 5) is 14.7. The highest BCUT2D eigenvalue weighted by Crippen LogP contribution is 2.35. The van der Waals surface area contributed by atoms with Crippen molar-refractivity contribution in [1.29, 1.82) is 0 Å². The summed E-state index contributed by atoms with van der Waals surface area (Å²) in [6, 6.07) is 16.0. The third-order valence-electron chi connectivity index (χ3n) is 7.92. The number of sulfone groups is 2. The number of hydrogen-bond donors (Lipinski definition) is 0. The molecule has 0 fully saturated rings. The zero-order valence-corrected chi connectivity index (χ0v) is 30.6. The fourth-order valence-electron chi connectivity index (χ4n) is 4.91. The summed E-state index contributed by atoms with van der Waals surface area (Å²) in [7, 11) is -7.91. The van der Waals surface area contributed by atoms with Gasteiger partial charge in [-0.05, 0) is 55.8 Å². The first-order valence-electron chi connectivity index (χ1n) is 15.9. The summed E-state index contributed by atoms with van der Waals surface area (Å²) in [5.41, 5.74) is 1.12. The van der Waals surface area contributed by atoms with Crippen molar-refractivity contribution in [2.45, 2.75) is 49.8 Å². The van der Waals surface area contributed by atoms with E-state index in [-0.39, 0.29) is 34.4 Å². The number of rotatable bonds is 8. The van der Waals surface area contributed by atoms with Crippen LogP contribution in [0.4, 0.5) is 26.3 Å². The Morgan fingerprint density at radius 1 is 0.630 bits per heavy atom. The van der Waals surface area contributed by atoms with Crippen LogP contribution in [0.25, 0.3) is 34.3 Å². The lowest BCUT2D eigenvalue weighted by atomic mass is 10.2. The molecule has 11 nitrogen and oxygen atoms in total. The van der Waals surface area contributed by atoms with E-state index < -0.39 is 52.9 Å². The molecule has 0 aliphatic rings. The van der Waals surface area contributed by atoms with Crippen LogP contribution in [0.5, 0.6) is 0 Å². The van der Waals surface area contributed by atoms with Gasteiger partial charge in [-0.25, -0.2) is 31.5 Å². The number of alkyl halides is 6. The number of benzene rings is 2. The second-order valence-electron chi connectivity index (χ2n) is 11.8. The first kappa shape index (κ1) is 39.8. The second kappa shape index (κ2) is 15.1. The fraction of sp³-hybridized carbons (Fsp3) is 0.229. The highest BCUT2D eigenvalue weighted by atomic mass is 32.2. The third kappa shape index (κ3) is 8.84. The quantitative estimate of drug-likeness (QED) is 0.143. The molecule has 0 aliphatic carbocycles. The van der Waals surface area contributed by atoms with E-state index in [1.165, 1.54) is 37.4 Å². The summed E-state index contributed by atoms with van der Waals surface area (Å²) in [5, 5.41) is 4.19. The maximum absolute atomic E-state index is 13.0. The van der Waals surface area contributed by atoms with E-state index in [4.69, 9.17) is 0 Å². The van der Waals surface area contributed by atoms with Crippen molar-refractivity contribution in [2.75, 3.05) is 11.5 Å². The summed E-state index contributed by atoms with van der Waals surface area (Å²) < 4.78 is 130. The van der Waals surface area contributed by atoms with E-state index in [1.807, 2.05) is 56.3 Å². The monoisotopic (exact) mass is 791 g/mol. The van der Waals surface area contributed by atoms with Crippen LogP contribution in [0.3, 0.4) is 0 Å². The molecule has 0 unspecified atom stereocenters. The molecule has 0 amide bonds. The summed E-state index contributed by atoms with van der Waals surface area (Å²) >= 11 is 0.